The van der Waals surface area contributed by atoms with Gasteiger partial charge in [0.05, 0.1) is 37.3 Å². The third-order valence-corrected chi connectivity index (χ3v) is 11.5. The van der Waals surface area contributed by atoms with Gasteiger partial charge in [0.25, 0.3) is 5.91 Å². The van der Waals surface area contributed by atoms with Crippen molar-refractivity contribution in [2.45, 2.75) is 82.5 Å². The highest BCUT2D eigenvalue weighted by Crippen LogP contribution is 2.30. The van der Waals surface area contributed by atoms with Crippen LogP contribution in [0.5, 0.6) is 5.88 Å². The summed E-state index contributed by atoms with van der Waals surface area (Å²) < 4.78 is 33.1. The summed E-state index contributed by atoms with van der Waals surface area (Å²) in [6, 6.07) is 14.1. The van der Waals surface area contributed by atoms with Gasteiger partial charge in [-0.05, 0) is 96.2 Å². The third kappa shape index (κ3) is 8.83. The number of carbonyl (C=O) groups excluding carboxylic acids is 3. The van der Waals surface area contributed by atoms with Gasteiger partial charge in [0.15, 0.2) is 0 Å². The summed E-state index contributed by atoms with van der Waals surface area (Å²) in [5, 5.41) is 3.18. The number of ether oxygens (including phenoxy) is 3. The number of rotatable bonds is 13. The van der Waals surface area contributed by atoms with Crippen molar-refractivity contribution >= 4 is 40.4 Å². The highest BCUT2D eigenvalue weighted by atomic mass is 35.5. The molecule has 2 aromatic heterocycles. The number of likely N-dealkylation sites (tertiary alicyclic amines) is 2. The summed E-state index contributed by atoms with van der Waals surface area (Å²) in [5.74, 6) is 0.00402. The number of fused-ring (bicyclic) bond motifs is 1. The molecule has 56 heavy (non-hydrogen) atoms. The second-order valence-electron chi connectivity index (χ2n) is 15.2. The van der Waals surface area contributed by atoms with Crippen LogP contribution >= 0.6 is 11.6 Å². The van der Waals surface area contributed by atoms with Crippen molar-refractivity contribution in [3.63, 3.8) is 0 Å². The lowest BCUT2D eigenvalue weighted by Crippen LogP contribution is -2.51. The van der Waals surface area contributed by atoms with E-state index in [0.29, 0.717) is 53.6 Å². The fraction of sp³-hybridized carbons (Fsp3) is 0.488. The Hall–Kier alpha value is -4.63. The largest absolute Gasteiger partial charge is 0.473 e. The van der Waals surface area contributed by atoms with E-state index in [2.05, 4.69) is 14.8 Å². The first kappa shape index (κ1) is 39.6. The monoisotopic (exact) mass is 789 g/mol. The van der Waals surface area contributed by atoms with Crippen LogP contribution in [0, 0.1) is 5.82 Å². The summed E-state index contributed by atoms with van der Waals surface area (Å²) in [5.41, 5.74) is 3.37. The fourth-order valence-corrected chi connectivity index (χ4v) is 7.93. The van der Waals surface area contributed by atoms with Gasteiger partial charge in [-0.2, -0.15) is 0 Å². The van der Waals surface area contributed by atoms with Crippen molar-refractivity contribution in [1.29, 1.82) is 0 Å². The van der Waals surface area contributed by atoms with E-state index in [9.17, 15) is 18.8 Å². The topological polar surface area (TPSA) is 131 Å². The van der Waals surface area contributed by atoms with Crippen LogP contribution in [-0.4, -0.2) is 119 Å². The number of hydrogen-bond acceptors (Lipinski definition) is 10. The lowest BCUT2D eigenvalue weighted by Gasteiger charge is -2.32. The summed E-state index contributed by atoms with van der Waals surface area (Å²) in [6.45, 7) is 5.80. The molecule has 3 fully saturated rings. The van der Waals surface area contributed by atoms with Gasteiger partial charge in [0, 0.05) is 53.0 Å². The average Bonchev–Trinajstić information content (AvgIpc) is 3.77. The van der Waals surface area contributed by atoms with Crippen molar-refractivity contribution in [2.24, 2.45) is 0 Å². The van der Waals surface area contributed by atoms with E-state index in [4.69, 9.17) is 35.8 Å². The van der Waals surface area contributed by atoms with Crippen LogP contribution in [-0.2, 0) is 38.8 Å². The molecule has 4 atom stereocenters. The summed E-state index contributed by atoms with van der Waals surface area (Å²) in [6.07, 6.45) is 3.36. The fourth-order valence-electron chi connectivity index (χ4n) is 7.77. The van der Waals surface area contributed by atoms with Gasteiger partial charge in [0.1, 0.15) is 30.3 Å². The number of pyridine rings is 1. The normalized spacial score (nSPS) is 20.9. The Bertz CT molecular complexity index is 2070. The number of benzene rings is 2. The maximum Gasteiger partial charge on any atom is 0.328 e. The molecule has 3 aliphatic rings. The van der Waals surface area contributed by atoms with Crippen LogP contribution in [0.25, 0.3) is 11.0 Å². The Morgan fingerprint density at radius 3 is 2.55 bits per heavy atom. The molecule has 2 unspecified atom stereocenters. The molecular formula is C41H49ClFN7O6. The van der Waals surface area contributed by atoms with Gasteiger partial charge in [-0.25, -0.2) is 19.2 Å². The minimum atomic E-state index is -0.859. The first-order valence-electron chi connectivity index (χ1n) is 19.2. The molecule has 4 aromatic rings. The van der Waals surface area contributed by atoms with Crippen LogP contribution < -0.4 is 10.1 Å². The van der Waals surface area contributed by atoms with Crippen molar-refractivity contribution < 1.29 is 33.0 Å². The predicted molar refractivity (Wildman–Crippen MR) is 208 cm³/mol. The first-order chi connectivity index (χ1) is 27.0. The zero-order chi connectivity index (χ0) is 39.5. The predicted octanol–water partition coefficient (Wildman–Crippen LogP) is 4.79. The Morgan fingerprint density at radius 2 is 1.86 bits per heavy atom. The Balaban J connectivity index is 0.996. The van der Waals surface area contributed by atoms with E-state index < -0.39 is 29.8 Å². The van der Waals surface area contributed by atoms with Crippen LogP contribution in [0.1, 0.15) is 66.0 Å². The number of aromatic nitrogens is 3. The Labute approximate surface area is 331 Å². The molecular weight excluding hydrogens is 741 g/mol. The van der Waals surface area contributed by atoms with Crippen molar-refractivity contribution in [3.8, 4) is 5.88 Å². The van der Waals surface area contributed by atoms with Gasteiger partial charge in [-0.1, -0.05) is 23.7 Å². The van der Waals surface area contributed by atoms with Crippen molar-refractivity contribution in [2.75, 3.05) is 47.4 Å². The Kier molecular flexibility index (Phi) is 12.2. The SMILES string of the molecule is COC(=O)C1CC(N(C)C)CN1C(=O)[C@H](C)NC(=O)c1ccc2c(c1)nc(CN1CCC(c3cccc(OCc4ccc(Cl)cc4F)n3)CC1)n2C[C@@H]1CCO1. The third-order valence-electron chi connectivity index (χ3n) is 11.3. The molecule has 0 aliphatic carbocycles. The number of carbonyl (C=O) groups is 3. The number of amides is 2. The second kappa shape index (κ2) is 17.2. The minimum absolute atomic E-state index is 0.00410. The number of imidazole rings is 1. The van der Waals surface area contributed by atoms with Gasteiger partial charge >= 0.3 is 5.97 Å². The molecule has 1 N–H and O–H groups in total. The zero-order valence-corrected chi connectivity index (χ0v) is 33.0. The van der Waals surface area contributed by atoms with Gasteiger partial charge < -0.3 is 33.9 Å². The standard InChI is InChI=1S/C41H49ClFN7O6/c1-25(40(52)50-21-30(47(2)3)20-36(50)41(53)54-4)44-39(51)27-9-11-35-34(18-27)45-37(49(35)22-31-14-17-55-31)23-48-15-12-26(13-16-48)33-6-5-7-38(46-33)56-24-28-8-10-29(42)19-32(28)43/h5-11,18-19,25-26,30-31,36H,12-17,20-24H2,1-4H3,(H,44,51)/t25-,30?,31-,36?/m0/s1. The van der Waals surface area contributed by atoms with E-state index in [-0.39, 0.29) is 30.6 Å². The molecule has 15 heteroatoms. The number of halogens is 2. The number of methoxy groups -OCH3 is 1. The molecule has 0 radical (unpaired) electrons. The van der Waals surface area contributed by atoms with Gasteiger partial charge in [0.2, 0.25) is 11.8 Å². The molecule has 7 rings (SSSR count). The van der Waals surface area contributed by atoms with Crippen molar-refractivity contribution in [3.05, 3.63) is 88.1 Å². The lowest BCUT2D eigenvalue weighted by atomic mass is 9.93. The molecule has 0 saturated carbocycles. The van der Waals surface area contributed by atoms with E-state index >= 15 is 0 Å². The summed E-state index contributed by atoms with van der Waals surface area (Å²) >= 11 is 5.89. The number of likely N-dealkylation sites (N-methyl/N-ethyl adjacent to an activating group) is 1. The highest BCUT2D eigenvalue weighted by molar-refractivity contribution is 6.30. The number of hydrogen-bond donors (Lipinski definition) is 1. The number of nitrogens with zero attached hydrogens (tertiary/aromatic N) is 6. The summed E-state index contributed by atoms with van der Waals surface area (Å²) in [7, 11) is 5.14. The molecule has 13 nitrogen and oxygen atoms in total. The zero-order valence-electron chi connectivity index (χ0n) is 32.2. The van der Waals surface area contributed by atoms with Gasteiger partial charge in [-0.15, -0.1) is 0 Å². The molecule has 2 aromatic carbocycles. The van der Waals surface area contributed by atoms with E-state index in [0.717, 1.165) is 56.0 Å². The number of nitrogens with one attached hydrogen (secondary N) is 1. The molecule has 298 valence electrons. The molecule has 0 bridgehead atoms. The highest BCUT2D eigenvalue weighted by Gasteiger charge is 2.42. The second-order valence-corrected chi connectivity index (χ2v) is 15.6. The van der Waals surface area contributed by atoms with E-state index in [1.165, 1.54) is 18.1 Å². The average molecular weight is 790 g/mol. The van der Waals surface area contributed by atoms with Crippen molar-refractivity contribution in [1.82, 2.24) is 34.6 Å². The quantitative estimate of drug-likeness (QED) is 0.189. The van der Waals surface area contributed by atoms with E-state index in [1.807, 2.05) is 37.2 Å². The smallest absolute Gasteiger partial charge is 0.328 e. The van der Waals surface area contributed by atoms with E-state index in [1.54, 1.807) is 37.3 Å². The van der Waals surface area contributed by atoms with Crippen LogP contribution in [0.2, 0.25) is 5.02 Å². The molecule has 2 amide bonds. The molecule has 3 saturated heterocycles. The van der Waals surface area contributed by atoms with Crippen LogP contribution in [0.4, 0.5) is 4.39 Å². The molecule has 0 spiro atoms. The maximum atomic E-state index is 14.3. The number of piperidine rings is 1. The maximum absolute atomic E-state index is 14.3. The first-order valence-corrected chi connectivity index (χ1v) is 19.6. The lowest BCUT2D eigenvalue weighted by molar-refractivity contribution is -0.151. The molecule has 3 aliphatic heterocycles. The summed E-state index contributed by atoms with van der Waals surface area (Å²) in [4.78, 5) is 55.3. The number of esters is 1. The van der Waals surface area contributed by atoms with Gasteiger partial charge in [-0.3, -0.25) is 14.5 Å². The van der Waals surface area contributed by atoms with Crippen LogP contribution in [0.15, 0.2) is 54.6 Å². The Morgan fingerprint density at radius 1 is 1.07 bits per heavy atom. The van der Waals surface area contributed by atoms with Crippen LogP contribution in [0.3, 0.4) is 0 Å². The minimum Gasteiger partial charge on any atom is -0.473 e. The molecule has 5 heterocycles.